The molecule has 0 atom stereocenters. The Bertz CT molecular complexity index is 884. The molecule has 0 unspecified atom stereocenters. The number of anilines is 1. The minimum absolute atomic E-state index is 0.152. The molecule has 1 heterocycles. The number of thioether (sulfide) groups is 1. The number of thiocarbonyl (C=S) groups is 1. The predicted octanol–water partition coefficient (Wildman–Crippen LogP) is 4.68. The molecule has 0 aliphatic carbocycles. The van der Waals surface area contributed by atoms with Crippen LogP contribution in [-0.4, -0.2) is 27.6 Å². The third-order valence-electron chi connectivity index (χ3n) is 3.64. The zero-order chi connectivity index (χ0) is 18.5. The molecule has 3 rings (SSSR count). The Labute approximate surface area is 169 Å². The Morgan fingerprint density at radius 2 is 1.96 bits per heavy atom. The molecule has 0 saturated carbocycles. The minimum atomic E-state index is -0.160. The average Bonchev–Trinajstić information content (AvgIpc) is 2.87. The van der Waals surface area contributed by atoms with Gasteiger partial charge in [-0.2, -0.15) is 0 Å². The molecule has 2 aromatic rings. The fourth-order valence-electron chi connectivity index (χ4n) is 2.40. The van der Waals surface area contributed by atoms with Crippen LogP contribution in [0.25, 0.3) is 6.08 Å². The van der Waals surface area contributed by atoms with Crippen LogP contribution in [0.5, 0.6) is 0 Å². The van der Waals surface area contributed by atoms with Crippen LogP contribution in [-0.2, 0) is 9.59 Å². The van der Waals surface area contributed by atoms with Crippen LogP contribution in [0.3, 0.4) is 0 Å². The monoisotopic (exact) mass is 446 g/mol. The van der Waals surface area contributed by atoms with E-state index >= 15 is 0 Å². The molecule has 4 nitrogen and oxygen atoms in total. The second-order valence-electron chi connectivity index (χ2n) is 5.55. The number of hydrogen-bond donors (Lipinski definition) is 1. The van der Waals surface area contributed by atoms with E-state index < -0.39 is 0 Å². The zero-order valence-electron chi connectivity index (χ0n) is 13.6. The van der Waals surface area contributed by atoms with Crippen LogP contribution in [0, 0.1) is 0 Å². The maximum Gasteiger partial charge on any atom is 0.266 e. The third-order valence-corrected chi connectivity index (χ3v) is 5.51. The van der Waals surface area contributed by atoms with Crippen LogP contribution in [0.2, 0.25) is 0 Å². The van der Waals surface area contributed by atoms with Gasteiger partial charge in [-0.3, -0.25) is 14.5 Å². The van der Waals surface area contributed by atoms with Gasteiger partial charge in [0.25, 0.3) is 5.91 Å². The quantitative estimate of drug-likeness (QED) is 0.534. The number of halogens is 1. The molecule has 26 heavy (non-hydrogen) atoms. The van der Waals surface area contributed by atoms with Gasteiger partial charge in [-0.05, 0) is 35.9 Å². The molecular formula is C19H15BrN2O2S2. The molecule has 1 fully saturated rings. The molecule has 2 aromatic carbocycles. The van der Waals surface area contributed by atoms with E-state index in [-0.39, 0.29) is 24.8 Å². The number of carbonyl (C=O) groups excluding carboxylic acids is 2. The summed E-state index contributed by atoms with van der Waals surface area (Å²) in [6, 6.07) is 16.9. The normalized spacial score (nSPS) is 15.6. The Morgan fingerprint density at radius 1 is 1.19 bits per heavy atom. The fourth-order valence-corrected chi connectivity index (χ4v) is 4.12. The van der Waals surface area contributed by atoms with Crippen molar-refractivity contribution in [3.8, 4) is 0 Å². The van der Waals surface area contributed by atoms with Gasteiger partial charge in [0.2, 0.25) is 5.91 Å². The molecule has 1 aliphatic heterocycles. The van der Waals surface area contributed by atoms with Gasteiger partial charge < -0.3 is 5.32 Å². The van der Waals surface area contributed by atoms with Crippen molar-refractivity contribution in [3.63, 3.8) is 0 Å². The summed E-state index contributed by atoms with van der Waals surface area (Å²) in [5, 5.41) is 2.81. The first-order chi connectivity index (χ1) is 12.5. The first-order valence-electron chi connectivity index (χ1n) is 7.89. The van der Waals surface area contributed by atoms with Gasteiger partial charge >= 0.3 is 0 Å². The van der Waals surface area contributed by atoms with Gasteiger partial charge in [0, 0.05) is 23.1 Å². The maximum absolute atomic E-state index is 12.6. The van der Waals surface area contributed by atoms with Gasteiger partial charge in [-0.15, -0.1) is 0 Å². The highest BCUT2D eigenvalue weighted by molar-refractivity contribution is 9.10. The van der Waals surface area contributed by atoms with E-state index in [0.717, 1.165) is 15.7 Å². The van der Waals surface area contributed by atoms with E-state index in [0.29, 0.717) is 9.23 Å². The second kappa shape index (κ2) is 8.62. The van der Waals surface area contributed by atoms with Crippen molar-refractivity contribution in [2.24, 2.45) is 0 Å². The number of nitrogens with one attached hydrogen (secondary N) is 1. The standard InChI is InChI=1S/C19H15BrN2O2S2/c20-14-6-4-5-13(11-14)12-16-18(24)22(19(25)26-16)10-9-17(23)21-15-7-2-1-3-8-15/h1-8,11-12H,9-10H2,(H,21,23). The lowest BCUT2D eigenvalue weighted by atomic mass is 10.2. The molecule has 0 aromatic heterocycles. The number of carbonyl (C=O) groups is 2. The smallest absolute Gasteiger partial charge is 0.266 e. The van der Waals surface area contributed by atoms with Gasteiger partial charge in [0.05, 0.1) is 4.91 Å². The van der Waals surface area contributed by atoms with Gasteiger partial charge in [-0.25, -0.2) is 0 Å². The summed E-state index contributed by atoms with van der Waals surface area (Å²) in [4.78, 5) is 26.7. The van der Waals surface area contributed by atoms with Crippen molar-refractivity contribution < 1.29 is 9.59 Å². The summed E-state index contributed by atoms with van der Waals surface area (Å²) in [7, 11) is 0. The molecule has 0 bridgehead atoms. The highest BCUT2D eigenvalue weighted by atomic mass is 79.9. The SMILES string of the molecule is O=C(CCN1C(=O)C(=Cc2cccc(Br)c2)SC1=S)Nc1ccccc1. The molecular weight excluding hydrogens is 432 g/mol. The van der Waals surface area contributed by atoms with E-state index in [1.807, 2.05) is 60.7 Å². The lowest BCUT2D eigenvalue weighted by molar-refractivity contribution is -0.122. The van der Waals surface area contributed by atoms with Crippen molar-refractivity contribution in [1.82, 2.24) is 4.90 Å². The summed E-state index contributed by atoms with van der Waals surface area (Å²) in [6.45, 7) is 0.263. The number of rotatable bonds is 5. The van der Waals surface area contributed by atoms with Crippen molar-refractivity contribution in [3.05, 3.63) is 69.5 Å². The Kier molecular flexibility index (Phi) is 6.24. The van der Waals surface area contributed by atoms with E-state index in [4.69, 9.17) is 12.2 Å². The molecule has 132 valence electrons. The van der Waals surface area contributed by atoms with Crippen LogP contribution < -0.4 is 5.32 Å². The number of hydrogen-bond acceptors (Lipinski definition) is 4. The molecule has 1 N–H and O–H groups in total. The topological polar surface area (TPSA) is 49.4 Å². The lowest BCUT2D eigenvalue weighted by Crippen LogP contribution is -2.31. The highest BCUT2D eigenvalue weighted by Crippen LogP contribution is 2.32. The van der Waals surface area contributed by atoms with E-state index in [1.54, 1.807) is 0 Å². The minimum Gasteiger partial charge on any atom is -0.326 e. The fraction of sp³-hybridized carbons (Fsp3) is 0.105. The summed E-state index contributed by atoms with van der Waals surface area (Å²) < 4.78 is 1.42. The molecule has 7 heteroatoms. The van der Waals surface area contributed by atoms with Crippen molar-refractivity contribution >= 4 is 67.8 Å². The molecule has 1 saturated heterocycles. The zero-order valence-corrected chi connectivity index (χ0v) is 16.9. The van der Waals surface area contributed by atoms with Crippen LogP contribution in [0.1, 0.15) is 12.0 Å². The van der Waals surface area contributed by atoms with Crippen molar-refractivity contribution in [1.29, 1.82) is 0 Å². The highest BCUT2D eigenvalue weighted by Gasteiger charge is 2.32. The summed E-state index contributed by atoms with van der Waals surface area (Å²) in [5.74, 6) is -0.311. The summed E-state index contributed by atoms with van der Waals surface area (Å²) in [5.41, 5.74) is 1.65. The number of para-hydroxylation sites is 1. The van der Waals surface area contributed by atoms with Gasteiger partial charge in [0.1, 0.15) is 4.32 Å². The van der Waals surface area contributed by atoms with Crippen molar-refractivity contribution in [2.75, 3.05) is 11.9 Å². The van der Waals surface area contributed by atoms with E-state index in [1.165, 1.54) is 16.7 Å². The number of nitrogens with zero attached hydrogens (tertiary/aromatic N) is 1. The van der Waals surface area contributed by atoms with Crippen LogP contribution in [0.15, 0.2) is 64.0 Å². The first kappa shape index (κ1) is 18.8. The van der Waals surface area contributed by atoms with Gasteiger partial charge in [-0.1, -0.05) is 70.2 Å². The molecule has 0 spiro atoms. The largest absolute Gasteiger partial charge is 0.326 e. The van der Waals surface area contributed by atoms with E-state index in [2.05, 4.69) is 21.2 Å². The van der Waals surface area contributed by atoms with Crippen LogP contribution >= 0.6 is 39.9 Å². The molecule has 1 aliphatic rings. The number of amides is 2. The second-order valence-corrected chi connectivity index (χ2v) is 8.14. The Morgan fingerprint density at radius 3 is 2.69 bits per heavy atom. The Hall–Kier alpha value is -1.96. The molecule has 2 amide bonds. The van der Waals surface area contributed by atoms with Crippen LogP contribution in [0.4, 0.5) is 5.69 Å². The maximum atomic E-state index is 12.6. The van der Waals surface area contributed by atoms with Crippen molar-refractivity contribution in [2.45, 2.75) is 6.42 Å². The Balaban J connectivity index is 1.61. The average molecular weight is 447 g/mol. The molecule has 0 radical (unpaired) electrons. The summed E-state index contributed by atoms with van der Waals surface area (Å²) in [6.07, 6.45) is 2.00. The van der Waals surface area contributed by atoms with E-state index in [9.17, 15) is 9.59 Å². The predicted molar refractivity (Wildman–Crippen MR) is 114 cm³/mol. The van der Waals surface area contributed by atoms with Gasteiger partial charge in [0.15, 0.2) is 0 Å². The summed E-state index contributed by atoms with van der Waals surface area (Å²) >= 11 is 9.98. The first-order valence-corrected chi connectivity index (χ1v) is 9.90. The number of benzene rings is 2. The third kappa shape index (κ3) is 4.81. The lowest BCUT2D eigenvalue weighted by Gasteiger charge is -2.14.